The highest BCUT2D eigenvalue weighted by Gasteiger charge is 2.34. The third kappa shape index (κ3) is 5.46. The van der Waals surface area contributed by atoms with Gasteiger partial charge in [0.15, 0.2) is 0 Å². The number of nitrogens with one attached hydrogen (secondary N) is 1. The molecule has 0 aliphatic rings. The number of amides is 1. The maximum Gasteiger partial charge on any atom is 0.416 e. The van der Waals surface area contributed by atoms with Crippen molar-refractivity contribution in [2.75, 3.05) is 13.2 Å². The van der Waals surface area contributed by atoms with Gasteiger partial charge in [0.25, 0.3) is 0 Å². The minimum Gasteiger partial charge on any atom is -0.461 e. The summed E-state index contributed by atoms with van der Waals surface area (Å²) in [7, 11) is 0. The van der Waals surface area contributed by atoms with Crippen LogP contribution >= 0.6 is 0 Å². The second kappa shape index (κ2) is 8.57. The highest BCUT2D eigenvalue weighted by atomic mass is 19.4. The molecule has 0 aliphatic heterocycles. The van der Waals surface area contributed by atoms with E-state index < -0.39 is 35.4 Å². The van der Waals surface area contributed by atoms with Gasteiger partial charge >= 0.3 is 18.2 Å². The third-order valence-corrected chi connectivity index (χ3v) is 4.36. The van der Waals surface area contributed by atoms with Gasteiger partial charge in [-0.15, -0.1) is 0 Å². The van der Waals surface area contributed by atoms with E-state index in [9.17, 15) is 22.8 Å². The summed E-state index contributed by atoms with van der Waals surface area (Å²) in [5.41, 5.74) is -1.07. The molecule has 9 heteroatoms. The van der Waals surface area contributed by atoms with Crippen molar-refractivity contribution in [2.24, 2.45) is 0 Å². The van der Waals surface area contributed by atoms with E-state index >= 15 is 0 Å². The Bertz CT molecular complexity index is 942. The van der Waals surface area contributed by atoms with Gasteiger partial charge in [-0.25, -0.2) is 9.59 Å². The molecule has 1 N–H and O–H groups in total. The number of aromatic nitrogens is 1. The SMILES string of the molecule is CCOC(=O)c1cc2cc(C)c(C(F)(F)F)cc2n1[C@H](C)CNC(=O)OC(C)(C)C. The summed E-state index contributed by atoms with van der Waals surface area (Å²) in [6.07, 6.45) is -5.19. The molecule has 0 bridgehead atoms. The molecule has 2 aromatic rings. The summed E-state index contributed by atoms with van der Waals surface area (Å²) < 4.78 is 52.0. The molecule has 0 aliphatic carbocycles. The Morgan fingerprint density at radius 1 is 1.17 bits per heavy atom. The van der Waals surface area contributed by atoms with Crippen molar-refractivity contribution in [1.29, 1.82) is 0 Å². The van der Waals surface area contributed by atoms with Gasteiger partial charge < -0.3 is 19.4 Å². The number of ether oxygens (including phenoxy) is 2. The molecule has 0 saturated heterocycles. The van der Waals surface area contributed by atoms with Crippen molar-refractivity contribution in [3.63, 3.8) is 0 Å². The summed E-state index contributed by atoms with van der Waals surface area (Å²) >= 11 is 0. The average Bonchev–Trinajstić information content (AvgIpc) is 2.95. The number of esters is 1. The number of benzene rings is 1. The van der Waals surface area contributed by atoms with E-state index in [-0.39, 0.29) is 29.9 Å². The van der Waals surface area contributed by atoms with Gasteiger partial charge in [0.2, 0.25) is 0 Å². The van der Waals surface area contributed by atoms with Crippen LogP contribution in [-0.4, -0.2) is 35.4 Å². The Labute approximate surface area is 173 Å². The fourth-order valence-electron chi connectivity index (χ4n) is 3.17. The van der Waals surface area contributed by atoms with Gasteiger partial charge in [0, 0.05) is 23.5 Å². The predicted molar refractivity (Wildman–Crippen MR) is 107 cm³/mol. The van der Waals surface area contributed by atoms with Crippen LogP contribution in [0.15, 0.2) is 18.2 Å². The van der Waals surface area contributed by atoms with E-state index in [1.165, 1.54) is 23.6 Å². The van der Waals surface area contributed by atoms with E-state index in [2.05, 4.69) is 5.32 Å². The lowest BCUT2D eigenvalue weighted by atomic mass is 10.1. The highest BCUT2D eigenvalue weighted by molar-refractivity contribution is 5.96. The molecule has 2 rings (SSSR count). The number of rotatable bonds is 5. The molecule has 0 saturated carbocycles. The van der Waals surface area contributed by atoms with Gasteiger partial charge in [-0.3, -0.25) is 0 Å². The molecule has 30 heavy (non-hydrogen) atoms. The van der Waals surface area contributed by atoms with Crippen LogP contribution in [0.5, 0.6) is 0 Å². The summed E-state index contributed by atoms with van der Waals surface area (Å²) in [5.74, 6) is -0.649. The molecule has 1 aromatic carbocycles. The fraction of sp³-hybridized carbons (Fsp3) is 0.524. The Morgan fingerprint density at radius 2 is 1.80 bits per heavy atom. The number of carbonyl (C=O) groups excluding carboxylic acids is 2. The van der Waals surface area contributed by atoms with Crippen molar-refractivity contribution >= 4 is 23.0 Å². The lowest BCUT2D eigenvalue weighted by molar-refractivity contribution is -0.138. The molecule has 166 valence electrons. The number of hydrogen-bond acceptors (Lipinski definition) is 4. The van der Waals surface area contributed by atoms with E-state index in [0.717, 1.165) is 6.07 Å². The molecule has 0 spiro atoms. The molecule has 0 radical (unpaired) electrons. The van der Waals surface area contributed by atoms with Crippen LogP contribution in [0, 0.1) is 6.92 Å². The monoisotopic (exact) mass is 428 g/mol. The first kappa shape index (κ1) is 23.6. The van der Waals surface area contributed by atoms with Crippen LogP contribution in [0.25, 0.3) is 10.9 Å². The fourth-order valence-corrected chi connectivity index (χ4v) is 3.17. The van der Waals surface area contributed by atoms with Crippen LogP contribution in [-0.2, 0) is 15.7 Å². The first-order chi connectivity index (χ1) is 13.7. The number of fused-ring (bicyclic) bond motifs is 1. The minimum absolute atomic E-state index is 0.0420. The van der Waals surface area contributed by atoms with Gasteiger partial charge in [-0.2, -0.15) is 13.2 Å². The van der Waals surface area contributed by atoms with Crippen LogP contribution in [0.1, 0.15) is 62.3 Å². The summed E-state index contributed by atoms with van der Waals surface area (Å²) in [4.78, 5) is 24.4. The number of nitrogens with zero attached hydrogens (tertiary/aromatic N) is 1. The van der Waals surface area contributed by atoms with E-state index in [4.69, 9.17) is 9.47 Å². The Balaban J connectivity index is 2.49. The second-order valence-corrected chi connectivity index (χ2v) is 8.08. The largest absolute Gasteiger partial charge is 0.461 e. The molecular formula is C21H27F3N2O4. The van der Waals surface area contributed by atoms with Gasteiger partial charge in [-0.1, -0.05) is 0 Å². The van der Waals surface area contributed by atoms with E-state index in [1.807, 2.05) is 0 Å². The number of hydrogen-bond donors (Lipinski definition) is 1. The molecule has 1 heterocycles. The van der Waals surface area contributed by atoms with Crippen molar-refractivity contribution in [3.05, 3.63) is 35.0 Å². The molecule has 1 aromatic heterocycles. The Hall–Kier alpha value is -2.71. The van der Waals surface area contributed by atoms with Crippen LogP contribution < -0.4 is 5.32 Å². The smallest absolute Gasteiger partial charge is 0.416 e. The quantitative estimate of drug-likeness (QED) is 0.662. The molecule has 0 unspecified atom stereocenters. The standard InChI is InChI=1S/C21H27F3N2O4/c1-7-29-18(27)17-9-14-8-12(2)15(21(22,23)24)10-16(14)26(17)13(3)11-25-19(28)30-20(4,5)6/h8-10,13H,7,11H2,1-6H3,(H,25,28)/t13-/m1/s1. The zero-order valence-corrected chi connectivity index (χ0v) is 17.9. The predicted octanol–water partition coefficient (Wildman–Crippen LogP) is 5.23. The number of alkyl carbamates (subject to hydrolysis) is 1. The number of alkyl halides is 3. The normalized spacial score (nSPS) is 13.2. The molecular weight excluding hydrogens is 401 g/mol. The van der Waals surface area contributed by atoms with Crippen LogP contribution in [0.3, 0.4) is 0 Å². The topological polar surface area (TPSA) is 69.6 Å². The molecule has 6 nitrogen and oxygen atoms in total. The molecule has 1 atom stereocenters. The van der Waals surface area contributed by atoms with Crippen molar-refractivity contribution in [1.82, 2.24) is 9.88 Å². The summed E-state index contributed by atoms with van der Waals surface area (Å²) in [5, 5.41) is 3.07. The lowest BCUT2D eigenvalue weighted by Gasteiger charge is -2.22. The second-order valence-electron chi connectivity index (χ2n) is 8.08. The summed E-state index contributed by atoms with van der Waals surface area (Å²) in [6.45, 7) is 10.0. The van der Waals surface area contributed by atoms with Crippen molar-refractivity contribution in [3.8, 4) is 0 Å². The zero-order chi connectivity index (χ0) is 22.9. The van der Waals surface area contributed by atoms with E-state index in [1.54, 1.807) is 34.6 Å². The van der Waals surface area contributed by atoms with Crippen LogP contribution in [0.2, 0.25) is 0 Å². The first-order valence-electron chi connectivity index (χ1n) is 9.61. The van der Waals surface area contributed by atoms with Crippen LogP contribution in [0.4, 0.5) is 18.0 Å². The summed E-state index contributed by atoms with van der Waals surface area (Å²) in [6, 6.07) is 3.38. The van der Waals surface area contributed by atoms with Gasteiger partial charge in [0.1, 0.15) is 11.3 Å². The van der Waals surface area contributed by atoms with Crippen molar-refractivity contribution in [2.45, 2.75) is 59.4 Å². The van der Waals surface area contributed by atoms with Gasteiger partial charge in [0.05, 0.1) is 12.2 Å². The van der Waals surface area contributed by atoms with E-state index in [0.29, 0.717) is 5.39 Å². The maximum absolute atomic E-state index is 13.4. The third-order valence-electron chi connectivity index (χ3n) is 4.36. The number of aryl methyl sites for hydroxylation is 1. The Kier molecular flexibility index (Phi) is 6.73. The highest BCUT2D eigenvalue weighted by Crippen LogP contribution is 2.36. The molecule has 1 amide bonds. The van der Waals surface area contributed by atoms with Crippen molar-refractivity contribution < 1.29 is 32.2 Å². The van der Waals surface area contributed by atoms with Gasteiger partial charge in [-0.05, 0) is 65.3 Å². The zero-order valence-electron chi connectivity index (χ0n) is 17.9. The maximum atomic E-state index is 13.4. The number of halogens is 3. The first-order valence-corrected chi connectivity index (χ1v) is 9.61. The molecule has 0 fully saturated rings. The Morgan fingerprint density at radius 3 is 2.33 bits per heavy atom. The average molecular weight is 428 g/mol. The minimum atomic E-state index is -4.53. The lowest BCUT2D eigenvalue weighted by Crippen LogP contribution is -2.35. The number of carbonyl (C=O) groups is 2.